The van der Waals surface area contributed by atoms with Crippen molar-refractivity contribution in [3.8, 4) is 34.4 Å². The SMILES string of the molecule is CCc1nc(N)c(C#N)c(-c2ccc(OC)c(OC)c2OC)c1C. The number of anilines is 1. The first-order valence-corrected chi connectivity index (χ1v) is 7.52. The molecule has 6 nitrogen and oxygen atoms in total. The molecule has 6 heteroatoms. The van der Waals surface area contributed by atoms with Crippen LogP contribution in [0, 0.1) is 18.3 Å². The fraction of sp³-hybridized carbons (Fsp3) is 0.333. The van der Waals surface area contributed by atoms with Crippen LogP contribution >= 0.6 is 0 Å². The van der Waals surface area contributed by atoms with Crippen molar-refractivity contribution in [2.24, 2.45) is 0 Å². The van der Waals surface area contributed by atoms with Gasteiger partial charge in [0.25, 0.3) is 0 Å². The molecule has 0 aliphatic carbocycles. The molecule has 0 spiro atoms. The Labute approximate surface area is 141 Å². The van der Waals surface area contributed by atoms with Gasteiger partial charge in [0.1, 0.15) is 17.5 Å². The van der Waals surface area contributed by atoms with Gasteiger partial charge in [-0.15, -0.1) is 0 Å². The van der Waals surface area contributed by atoms with Crippen LogP contribution in [0.25, 0.3) is 11.1 Å². The fourth-order valence-corrected chi connectivity index (χ4v) is 2.84. The Morgan fingerprint density at radius 1 is 1.12 bits per heavy atom. The lowest BCUT2D eigenvalue weighted by Gasteiger charge is -2.19. The predicted molar refractivity (Wildman–Crippen MR) is 92.6 cm³/mol. The Morgan fingerprint density at radius 2 is 1.79 bits per heavy atom. The van der Waals surface area contributed by atoms with Crippen molar-refractivity contribution < 1.29 is 14.2 Å². The second-order valence-electron chi connectivity index (χ2n) is 5.17. The van der Waals surface area contributed by atoms with Crippen molar-refractivity contribution in [1.82, 2.24) is 4.98 Å². The second kappa shape index (κ2) is 7.09. The molecule has 24 heavy (non-hydrogen) atoms. The largest absolute Gasteiger partial charge is 0.493 e. The summed E-state index contributed by atoms with van der Waals surface area (Å²) in [4.78, 5) is 4.34. The zero-order chi connectivity index (χ0) is 17.9. The molecule has 1 aromatic carbocycles. The van der Waals surface area contributed by atoms with E-state index in [0.717, 1.165) is 11.3 Å². The Balaban J connectivity index is 2.92. The van der Waals surface area contributed by atoms with Gasteiger partial charge >= 0.3 is 0 Å². The summed E-state index contributed by atoms with van der Waals surface area (Å²) in [5, 5.41) is 9.57. The van der Waals surface area contributed by atoms with Gasteiger partial charge in [0.15, 0.2) is 11.5 Å². The first-order chi connectivity index (χ1) is 11.5. The number of benzene rings is 1. The van der Waals surface area contributed by atoms with E-state index >= 15 is 0 Å². The number of aryl methyl sites for hydroxylation is 1. The highest BCUT2D eigenvalue weighted by Crippen LogP contribution is 2.46. The van der Waals surface area contributed by atoms with E-state index in [2.05, 4.69) is 11.1 Å². The maximum atomic E-state index is 9.57. The molecule has 0 atom stereocenters. The maximum absolute atomic E-state index is 9.57. The van der Waals surface area contributed by atoms with Crippen LogP contribution in [0.3, 0.4) is 0 Å². The summed E-state index contributed by atoms with van der Waals surface area (Å²) in [5.41, 5.74) is 9.50. The number of nitrogen functional groups attached to an aromatic ring is 1. The average Bonchev–Trinajstić information content (AvgIpc) is 2.61. The van der Waals surface area contributed by atoms with E-state index in [1.165, 1.54) is 0 Å². The van der Waals surface area contributed by atoms with Gasteiger partial charge in [0, 0.05) is 16.8 Å². The fourth-order valence-electron chi connectivity index (χ4n) is 2.84. The van der Waals surface area contributed by atoms with Crippen molar-refractivity contribution in [2.75, 3.05) is 27.1 Å². The summed E-state index contributed by atoms with van der Waals surface area (Å²) in [6.07, 6.45) is 0.713. The van der Waals surface area contributed by atoms with E-state index in [1.807, 2.05) is 19.9 Å². The third-order valence-electron chi connectivity index (χ3n) is 3.99. The van der Waals surface area contributed by atoms with E-state index in [-0.39, 0.29) is 5.82 Å². The Kier molecular flexibility index (Phi) is 5.14. The quantitative estimate of drug-likeness (QED) is 0.907. The smallest absolute Gasteiger partial charge is 0.203 e. The van der Waals surface area contributed by atoms with Gasteiger partial charge in [-0.3, -0.25) is 0 Å². The van der Waals surface area contributed by atoms with Gasteiger partial charge in [-0.05, 0) is 31.0 Å². The molecule has 0 bridgehead atoms. The molecule has 0 radical (unpaired) electrons. The Bertz CT molecular complexity index is 810. The van der Waals surface area contributed by atoms with E-state index in [4.69, 9.17) is 19.9 Å². The van der Waals surface area contributed by atoms with Crippen LogP contribution in [-0.4, -0.2) is 26.3 Å². The number of rotatable bonds is 5. The molecule has 1 heterocycles. The van der Waals surface area contributed by atoms with Crippen LogP contribution < -0.4 is 19.9 Å². The number of aromatic nitrogens is 1. The number of pyridine rings is 1. The summed E-state index contributed by atoms with van der Waals surface area (Å²) in [6.45, 7) is 3.92. The van der Waals surface area contributed by atoms with Crippen LogP contribution in [0.1, 0.15) is 23.7 Å². The zero-order valence-corrected chi connectivity index (χ0v) is 14.6. The first-order valence-electron chi connectivity index (χ1n) is 7.52. The normalized spacial score (nSPS) is 10.2. The van der Waals surface area contributed by atoms with Crippen molar-refractivity contribution in [3.63, 3.8) is 0 Å². The van der Waals surface area contributed by atoms with E-state index in [0.29, 0.717) is 40.4 Å². The third kappa shape index (κ3) is 2.69. The summed E-state index contributed by atoms with van der Waals surface area (Å²) < 4.78 is 16.3. The van der Waals surface area contributed by atoms with Crippen LogP contribution in [0.15, 0.2) is 12.1 Å². The van der Waals surface area contributed by atoms with Crippen LogP contribution in [0.2, 0.25) is 0 Å². The van der Waals surface area contributed by atoms with Gasteiger partial charge in [0.05, 0.1) is 21.3 Å². The Hall–Kier alpha value is -2.94. The number of ether oxygens (including phenoxy) is 3. The lowest BCUT2D eigenvalue weighted by Crippen LogP contribution is -2.06. The molecular weight excluding hydrogens is 306 g/mol. The van der Waals surface area contributed by atoms with Crippen molar-refractivity contribution in [1.29, 1.82) is 5.26 Å². The van der Waals surface area contributed by atoms with Crippen LogP contribution in [0.5, 0.6) is 17.2 Å². The van der Waals surface area contributed by atoms with E-state index in [9.17, 15) is 5.26 Å². The van der Waals surface area contributed by atoms with Crippen molar-refractivity contribution >= 4 is 5.82 Å². The van der Waals surface area contributed by atoms with Crippen molar-refractivity contribution in [2.45, 2.75) is 20.3 Å². The molecule has 2 aromatic rings. The molecule has 0 aliphatic rings. The molecule has 2 rings (SSSR count). The number of nitrogens with two attached hydrogens (primary N) is 1. The molecule has 0 unspecified atom stereocenters. The van der Waals surface area contributed by atoms with Gasteiger partial charge in [-0.25, -0.2) is 4.98 Å². The monoisotopic (exact) mass is 327 g/mol. The number of hydrogen-bond donors (Lipinski definition) is 1. The number of methoxy groups -OCH3 is 3. The number of nitriles is 1. The number of hydrogen-bond acceptors (Lipinski definition) is 6. The summed E-state index contributed by atoms with van der Waals surface area (Å²) >= 11 is 0. The molecule has 0 amide bonds. The number of nitrogens with zero attached hydrogens (tertiary/aromatic N) is 2. The molecule has 0 saturated heterocycles. The van der Waals surface area contributed by atoms with Crippen LogP contribution in [0.4, 0.5) is 5.82 Å². The summed E-state index contributed by atoms with van der Waals surface area (Å²) in [6, 6.07) is 5.77. The van der Waals surface area contributed by atoms with E-state index < -0.39 is 0 Å². The minimum Gasteiger partial charge on any atom is -0.493 e. The average molecular weight is 327 g/mol. The lowest BCUT2D eigenvalue weighted by atomic mass is 9.93. The standard InChI is InChI=1S/C18H21N3O3/c1-6-13-10(2)15(12(9-19)18(20)21-13)11-7-8-14(22-3)17(24-5)16(11)23-4/h7-8H,6H2,1-5H3,(H2,20,21). The van der Waals surface area contributed by atoms with E-state index in [1.54, 1.807) is 27.4 Å². The molecule has 126 valence electrons. The molecule has 2 N–H and O–H groups in total. The van der Waals surface area contributed by atoms with Gasteiger partial charge in [0.2, 0.25) is 5.75 Å². The van der Waals surface area contributed by atoms with Gasteiger partial charge < -0.3 is 19.9 Å². The van der Waals surface area contributed by atoms with Crippen molar-refractivity contribution in [3.05, 3.63) is 29.0 Å². The third-order valence-corrected chi connectivity index (χ3v) is 3.99. The first kappa shape index (κ1) is 17.4. The molecule has 0 aliphatic heterocycles. The zero-order valence-electron chi connectivity index (χ0n) is 14.6. The summed E-state index contributed by atoms with van der Waals surface area (Å²) in [5.74, 6) is 1.72. The Morgan fingerprint density at radius 3 is 2.29 bits per heavy atom. The minimum absolute atomic E-state index is 0.215. The maximum Gasteiger partial charge on any atom is 0.203 e. The predicted octanol–water partition coefficient (Wildman–Crippen LogP) is 3.10. The molecule has 0 saturated carbocycles. The van der Waals surface area contributed by atoms with Crippen LogP contribution in [-0.2, 0) is 6.42 Å². The summed E-state index contributed by atoms with van der Waals surface area (Å²) in [7, 11) is 4.65. The molecule has 0 fully saturated rings. The highest BCUT2D eigenvalue weighted by atomic mass is 16.5. The lowest BCUT2D eigenvalue weighted by molar-refractivity contribution is 0.325. The molecular formula is C18H21N3O3. The molecule has 1 aromatic heterocycles. The minimum atomic E-state index is 0.215. The van der Waals surface area contributed by atoms with Gasteiger partial charge in [-0.2, -0.15) is 5.26 Å². The second-order valence-corrected chi connectivity index (χ2v) is 5.17. The highest BCUT2D eigenvalue weighted by molar-refractivity contribution is 5.85. The topological polar surface area (TPSA) is 90.4 Å². The highest BCUT2D eigenvalue weighted by Gasteiger charge is 2.23. The van der Waals surface area contributed by atoms with Gasteiger partial charge in [-0.1, -0.05) is 6.92 Å².